The fourth-order valence-corrected chi connectivity index (χ4v) is 3.56. The monoisotopic (exact) mass is 295 g/mol. The lowest BCUT2D eigenvalue weighted by molar-refractivity contribution is 0.0946. The molecule has 4 nitrogen and oxygen atoms in total. The highest BCUT2D eigenvalue weighted by Gasteiger charge is 2.19. The molecule has 4 rings (SSSR count). The Bertz CT molecular complexity index is 698. The van der Waals surface area contributed by atoms with Gasteiger partial charge in [-0.3, -0.25) is 4.79 Å². The third-order valence-electron chi connectivity index (χ3n) is 4.77. The van der Waals surface area contributed by atoms with Crippen molar-refractivity contribution in [1.29, 1.82) is 0 Å². The Balaban J connectivity index is 1.58. The first-order valence-electron chi connectivity index (χ1n) is 8.12. The van der Waals surface area contributed by atoms with Crippen LogP contribution >= 0.6 is 0 Å². The maximum absolute atomic E-state index is 12.1. The number of benzene rings is 1. The number of nitrogens with zero attached hydrogens (tertiary/aromatic N) is 1. The largest absolute Gasteiger partial charge is 0.347 e. The van der Waals surface area contributed by atoms with E-state index in [1.807, 2.05) is 22.9 Å². The van der Waals surface area contributed by atoms with Gasteiger partial charge in [-0.05, 0) is 42.2 Å². The summed E-state index contributed by atoms with van der Waals surface area (Å²) in [7, 11) is 0. The van der Waals surface area contributed by atoms with Crippen molar-refractivity contribution in [3.63, 3.8) is 0 Å². The van der Waals surface area contributed by atoms with Crippen LogP contribution in [0, 0.1) is 0 Å². The molecule has 2 aliphatic rings. The number of carbonyl (C=O) groups is 1. The van der Waals surface area contributed by atoms with Gasteiger partial charge in [0.2, 0.25) is 0 Å². The smallest absolute Gasteiger partial charge is 0.268 e. The van der Waals surface area contributed by atoms with Crippen LogP contribution in [-0.4, -0.2) is 16.5 Å². The van der Waals surface area contributed by atoms with Crippen molar-refractivity contribution in [3.8, 4) is 5.69 Å². The Morgan fingerprint density at radius 1 is 1.23 bits per heavy atom. The summed E-state index contributed by atoms with van der Waals surface area (Å²) in [5.74, 6) is -0.00756. The molecule has 0 radical (unpaired) electrons. The van der Waals surface area contributed by atoms with Gasteiger partial charge < -0.3 is 15.2 Å². The van der Waals surface area contributed by atoms with E-state index in [9.17, 15) is 4.79 Å². The molecule has 2 aromatic rings. The molecule has 4 heteroatoms. The van der Waals surface area contributed by atoms with Crippen LogP contribution in [-0.2, 0) is 13.1 Å². The van der Waals surface area contributed by atoms with Crippen molar-refractivity contribution in [3.05, 3.63) is 53.3 Å². The average molecular weight is 295 g/mol. The van der Waals surface area contributed by atoms with Crippen LogP contribution in [0.15, 0.2) is 36.5 Å². The van der Waals surface area contributed by atoms with Crippen molar-refractivity contribution in [2.75, 3.05) is 0 Å². The molecule has 0 bridgehead atoms. The van der Waals surface area contributed by atoms with Crippen LogP contribution in [0.5, 0.6) is 0 Å². The lowest BCUT2D eigenvalue weighted by atomic mass is 10.1. The Morgan fingerprint density at radius 3 is 2.95 bits per heavy atom. The molecule has 2 N–H and O–H groups in total. The van der Waals surface area contributed by atoms with Gasteiger partial charge in [0.05, 0.1) is 5.69 Å². The van der Waals surface area contributed by atoms with E-state index < -0.39 is 0 Å². The summed E-state index contributed by atoms with van der Waals surface area (Å²) in [6, 6.07) is 11.0. The topological polar surface area (TPSA) is 46.1 Å². The standard InChI is InChI=1S/C18H21N3O/c22-18-17-6-3-9-21(17)16-8-7-13(10-14(16)12-20-18)11-19-15-4-1-2-5-15/h3,6-10,15,19H,1-2,4-5,11-12H2,(H,20,22). The molecule has 1 aliphatic carbocycles. The second kappa shape index (κ2) is 5.61. The minimum absolute atomic E-state index is 0.00756. The Kier molecular flexibility index (Phi) is 3.47. The molecule has 0 unspecified atom stereocenters. The first-order chi connectivity index (χ1) is 10.8. The summed E-state index contributed by atoms with van der Waals surface area (Å²) in [5.41, 5.74) is 4.27. The van der Waals surface area contributed by atoms with Crippen LogP contribution in [0.3, 0.4) is 0 Å². The van der Waals surface area contributed by atoms with Crippen LogP contribution in [0.2, 0.25) is 0 Å². The Hall–Kier alpha value is -2.07. The molecule has 1 aliphatic heterocycles. The highest BCUT2D eigenvalue weighted by molar-refractivity contribution is 5.94. The van der Waals surface area contributed by atoms with E-state index in [0.717, 1.165) is 12.2 Å². The summed E-state index contributed by atoms with van der Waals surface area (Å²) in [5, 5.41) is 6.64. The summed E-state index contributed by atoms with van der Waals surface area (Å²) in [6.07, 6.45) is 7.26. The van der Waals surface area contributed by atoms with Crippen molar-refractivity contribution in [2.45, 2.75) is 44.8 Å². The second-order valence-electron chi connectivity index (χ2n) is 6.27. The van der Waals surface area contributed by atoms with Gasteiger partial charge in [-0.25, -0.2) is 0 Å². The molecule has 1 aromatic carbocycles. The van der Waals surface area contributed by atoms with Gasteiger partial charge in [-0.1, -0.05) is 25.0 Å². The fourth-order valence-electron chi connectivity index (χ4n) is 3.56. The van der Waals surface area contributed by atoms with Gasteiger partial charge in [0.1, 0.15) is 5.69 Å². The molecule has 1 fully saturated rings. The lowest BCUT2D eigenvalue weighted by Crippen LogP contribution is -2.25. The number of fused-ring (bicyclic) bond motifs is 3. The molecule has 0 saturated heterocycles. The third-order valence-corrected chi connectivity index (χ3v) is 4.77. The van der Waals surface area contributed by atoms with Crippen LogP contribution in [0.25, 0.3) is 5.69 Å². The molecule has 2 heterocycles. The Labute approximate surface area is 130 Å². The lowest BCUT2D eigenvalue weighted by Gasteiger charge is -2.14. The number of hydrogen-bond donors (Lipinski definition) is 2. The maximum atomic E-state index is 12.1. The predicted molar refractivity (Wildman–Crippen MR) is 86.0 cm³/mol. The summed E-state index contributed by atoms with van der Waals surface area (Å²) in [4.78, 5) is 12.1. The molecule has 114 valence electrons. The van der Waals surface area contributed by atoms with E-state index in [2.05, 4.69) is 28.8 Å². The zero-order valence-corrected chi connectivity index (χ0v) is 12.6. The first kappa shape index (κ1) is 13.6. The van der Waals surface area contributed by atoms with Crippen molar-refractivity contribution >= 4 is 5.91 Å². The summed E-state index contributed by atoms with van der Waals surface area (Å²) >= 11 is 0. The van der Waals surface area contributed by atoms with E-state index >= 15 is 0 Å². The first-order valence-corrected chi connectivity index (χ1v) is 8.12. The van der Waals surface area contributed by atoms with E-state index in [0.29, 0.717) is 18.3 Å². The Morgan fingerprint density at radius 2 is 2.09 bits per heavy atom. The van der Waals surface area contributed by atoms with Gasteiger partial charge >= 0.3 is 0 Å². The van der Waals surface area contributed by atoms with Gasteiger partial charge in [-0.15, -0.1) is 0 Å². The van der Waals surface area contributed by atoms with Gasteiger partial charge in [-0.2, -0.15) is 0 Å². The van der Waals surface area contributed by atoms with Gasteiger partial charge in [0.15, 0.2) is 0 Å². The minimum atomic E-state index is -0.00756. The molecule has 0 spiro atoms. The molecule has 22 heavy (non-hydrogen) atoms. The zero-order chi connectivity index (χ0) is 14.9. The SMILES string of the molecule is O=C1NCc2cc(CNC3CCCC3)ccc2-n2cccc21. The highest BCUT2D eigenvalue weighted by atomic mass is 16.1. The maximum Gasteiger partial charge on any atom is 0.268 e. The number of carbonyl (C=O) groups excluding carboxylic acids is 1. The molecule has 1 aromatic heterocycles. The van der Waals surface area contributed by atoms with Crippen molar-refractivity contribution in [1.82, 2.24) is 15.2 Å². The number of rotatable bonds is 3. The number of aromatic nitrogens is 1. The molecule has 1 saturated carbocycles. The van der Waals surface area contributed by atoms with Gasteiger partial charge in [0.25, 0.3) is 5.91 Å². The quantitative estimate of drug-likeness (QED) is 0.914. The van der Waals surface area contributed by atoms with Crippen molar-refractivity contribution in [2.24, 2.45) is 0 Å². The van der Waals surface area contributed by atoms with Gasteiger partial charge in [0, 0.05) is 25.3 Å². The van der Waals surface area contributed by atoms with E-state index in [4.69, 9.17) is 0 Å². The van der Waals surface area contributed by atoms with Crippen LogP contribution in [0.1, 0.15) is 47.3 Å². The predicted octanol–water partition coefficient (Wildman–Crippen LogP) is 2.75. The number of hydrogen-bond acceptors (Lipinski definition) is 2. The zero-order valence-electron chi connectivity index (χ0n) is 12.6. The number of nitrogens with one attached hydrogen (secondary N) is 2. The van der Waals surface area contributed by atoms with Crippen molar-refractivity contribution < 1.29 is 4.79 Å². The average Bonchev–Trinajstić information content (AvgIpc) is 3.20. The van der Waals surface area contributed by atoms with Crippen LogP contribution in [0.4, 0.5) is 0 Å². The minimum Gasteiger partial charge on any atom is -0.347 e. The number of amides is 1. The van der Waals surface area contributed by atoms with Crippen LogP contribution < -0.4 is 10.6 Å². The summed E-state index contributed by atoms with van der Waals surface area (Å²) < 4.78 is 1.98. The van der Waals surface area contributed by atoms with E-state index in [-0.39, 0.29) is 5.91 Å². The summed E-state index contributed by atoms with van der Waals surface area (Å²) in [6.45, 7) is 1.50. The normalized spacial score (nSPS) is 17.7. The fraction of sp³-hybridized carbons (Fsp3) is 0.389. The molecular weight excluding hydrogens is 274 g/mol. The van der Waals surface area contributed by atoms with E-state index in [1.165, 1.54) is 36.8 Å². The van der Waals surface area contributed by atoms with E-state index in [1.54, 1.807) is 0 Å². The molecular formula is C18H21N3O. The highest BCUT2D eigenvalue weighted by Crippen LogP contribution is 2.23. The molecule has 1 amide bonds. The second-order valence-corrected chi connectivity index (χ2v) is 6.27. The third kappa shape index (κ3) is 2.44. The molecule has 0 atom stereocenters.